The maximum absolute atomic E-state index is 13.2. The molecule has 2 heterocycles. The molecular formula is C24H18BrN3O7S. The molecule has 0 saturated carbocycles. The third-order valence-corrected chi connectivity index (χ3v) is 7.10. The van der Waals surface area contributed by atoms with Crippen LogP contribution in [0.5, 0.6) is 0 Å². The van der Waals surface area contributed by atoms with Crippen molar-refractivity contribution in [2.24, 2.45) is 0 Å². The Kier molecular flexibility index (Phi) is 7.00. The maximum Gasteiger partial charge on any atom is 0.350 e. The van der Waals surface area contributed by atoms with Crippen LogP contribution in [-0.4, -0.2) is 39.3 Å². The number of hydrogen-bond acceptors (Lipinski definition) is 9. The topological polar surface area (TPSA) is 140 Å². The molecule has 1 unspecified atom stereocenters. The van der Waals surface area contributed by atoms with E-state index < -0.39 is 34.4 Å². The van der Waals surface area contributed by atoms with Gasteiger partial charge in [0.1, 0.15) is 10.6 Å². The molecule has 0 bridgehead atoms. The fourth-order valence-electron chi connectivity index (χ4n) is 3.76. The number of halogens is 1. The van der Waals surface area contributed by atoms with Crippen LogP contribution in [0.3, 0.4) is 0 Å². The molecule has 1 atom stereocenters. The van der Waals surface area contributed by atoms with E-state index in [0.29, 0.717) is 16.8 Å². The highest BCUT2D eigenvalue weighted by atomic mass is 79.9. The number of Topliss-reactive ketones (excluding diaryl/α,β-unsaturated/α-hetero) is 1. The summed E-state index contributed by atoms with van der Waals surface area (Å²) < 4.78 is 5.80. The number of non-ortho nitro benzene ring substituents is 1. The summed E-state index contributed by atoms with van der Waals surface area (Å²) in [7, 11) is 0. The number of anilines is 1. The van der Waals surface area contributed by atoms with E-state index in [1.165, 1.54) is 24.3 Å². The summed E-state index contributed by atoms with van der Waals surface area (Å²) in [5, 5.41) is 22.3. The largest absolute Gasteiger partial charge is 0.507 e. The number of nitro benzene ring substituents is 1. The van der Waals surface area contributed by atoms with Crippen LogP contribution in [0.15, 0.2) is 58.6 Å². The summed E-state index contributed by atoms with van der Waals surface area (Å²) in [6.07, 6.45) is 0. The van der Waals surface area contributed by atoms with Crippen molar-refractivity contribution in [3.8, 4) is 0 Å². The summed E-state index contributed by atoms with van der Waals surface area (Å²) in [6, 6.07) is 10.6. The number of thiazole rings is 1. The molecular weight excluding hydrogens is 554 g/mol. The molecule has 12 heteroatoms. The number of ether oxygens (including phenoxy) is 1. The Balaban J connectivity index is 1.91. The van der Waals surface area contributed by atoms with Gasteiger partial charge in [0.25, 0.3) is 11.5 Å². The normalized spacial score (nSPS) is 16.9. The minimum absolute atomic E-state index is 0.0517. The molecule has 0 spiro atoms. The van der Waals surface area contributed by atoms with Crippen molar-refractivity contribution in [1.82, 2.24) is 4.98 Å². The number of carbonyl (C=O) groups is 3. The van der Waals surface area contributed by atoms with Gasteiger partial charge >= 0.3 is 11.9 Å². The molecule has 4 rings (SSSR count). The molecule has 2 aromatic carbocycles. The molecule has 184 valence electrons. The first-order valence-corrected chi connectivity index (χ1v) is 12.2. The lowest BCUT2D eigenvalue weighted by Crippen LogP contribution is -2.29. The third kappa shape index (κ3) is 4.52. The second-order valence-corrected chi connectivity index (χ2v) is 9.55. The molecule has 1 aliphatic heterocycles. The van der Waals surface area contributed by atoms with Crippen molar-refractivity contribution < 1.29 is 29.2 Å². The fraction of sp³-hybridized carbons (Fsp3) is 0.167. The first kappa shape index (κ1) is 25.2. The van der Waals surface area contributed by atoms with E-state index in [9.17, 15) is 29.6 Å². The van der Waals surface area contributed by atoms with E-state index in [1.807, 2.05) is 0 Å². The number of esters is 1. The quantitative estimate of drug-likeness (QED) is 0.110. The zero-order chi connectivity index (χ0) is 26.1. The highest BCUT2D eigenvalue weighted by Gasteiger charge is 2.48. The number of carbonyl (C=O) groups excluding carboxylic acids is 3. The molecule has 1 N–H and O–H groups in total. The minimum Gasteiger partial charge on any atom is -0.507 e. The summed E-state index contributed by atoms with van der Waals surface area (Å²) >= 11 is 4.19. The molecule has 0 aliphatic carbocycles. The van der Waals surface area contributed by atoms with Crippen molar-refractivity contribution in [3.05, 3.63) is 90.4 Å². The predicted molar refractivity (Wildman–Crippen MR) is 135 cm³/mol. The number of aliphatic hydroxyl groups excluding tert-OH is 1. The monoisotopic (exact) mass is 571 g/mol. The Morgan fingerprint density at radius 3 is 2.42 bits per heavy atom. The van der Waals surface area contributed by atoms with Crippen molar-refractivity contribution in [2.45, 2.75) is 19.9 Å². The second kappa shape index (κ2) is 9.99. The van der Waals surface area contributed by atoms with Crippen LogP contribution in [0.1, 0.15) is 39.5 Å². The van der Waals surface area contributed by atoms with Gasteiger partial charge in [-0.2, -0.15) is 0 Å². The maximum atomic E-state index is 13.2. The third-order valence-electron chi connectivity index (χ3n) is 5.43. The number of rotatable bonds is 6. The van der Waals surface area contributed by atoms with Crippen LogP contribution in [0.25, 0.3) is 5.76 Å². The number of aromatic nitrogens is 1. The number of aryl methyl sites for hydroxylation is 1. The number of nitrogens with zero attached hydrogens (tertiary/aromatic N) is 3. The van der Waals surface area contributed by atoms with Crippen LogP contribution < -0.4 is 4.90 Å². The van der Waals surface area contributed by atoms with Gasteiger partial charge in [-0.25, -0.2) is 9.78 Å². The van der Waals surface area contributed by atoms with Crippen molar-refractivity contribution >= 4 is 61.5 Å². The van der Waals surface area contributed by atoms with Crippen LogP contribution in [0, 0.1) is 17.0 Å². The van der Waals surface area contributed by atoms with Gasteiger partial charge in [-0.3, -0.25) is 24.6 Å². The zero-order valence-electron chi connectivity index (χ0n) is 18.9. The van der Waals surface area contributed by atoms with Gasteiger partial charge in [0.2, 0.25) is 0 Å². The molecule has 36 heavy (non-hydrogen) atoms. The molecule has 0 radical (unpaired) electrons. The summed E-state index contributed by atoms with van der Waals surface area (Å²) in [5.41, 5.74) is 0.556. The van der Waals surface area contributed by atoms with Gasteiger partial charge in [-0.1, -0.05) is 39.4 Å². The van der Waals surface area contributed by atoms with E-state index in [0.717, 1.165) is 20.7 Å². The highest BCUT2D eigenvalue weighted by molar-refractivity contribution is 9.10. The fourth-order valence-corrected chi connectivity index (χ4v) is 5.01. The first-order chi connectivity index (χ1) is 17.1. The van der Waals surface area contributed by atoms with Gasteiger partial charge in [0, 0.05) is 22.2 Å². The van der Waals surface area contributed by atoms with Crippen LogP contribution in [-0.2, 0) is 14.3 Å². The summed E-state index contributed by atoms with van der Waals surface area (Å²) in [6.45, 7) is 3.38. The van der Waals surface area contributed by atoms with Crippen LogP contribution in [0.2, 0.25) is 0 Å². The Morgan fingerprint density at radius 2 is 1.83 bits per heavy atom. The predicted octanol–water partition coefficient (Wildman–Crippen LogP) is 4.93. The SMILES string of the molecule is CCOC(=O)c1sc(N2C(=O)C(=O)C(=C(O)c3ccc(Br)cc3)C2c2ccc([N+](=O)[O-])cc2)nc1C. The molecule has 1 aliphatic rings. The van der Waals surface area contributed by atoms with E-state index in [2.05, 4.69) is 20.9 Å². The van der Waals surface area contributed by atoms with Crippen molar-refractivity contribution in [2.75, 3.05) is 11.5 Å². The molecule has 10 nitrogen and oxygen atoms in total. The van der Waals surface area contributed by atoms with Crippen LogP contribution >= 0.6 is 27.3 Å². The number of benzene rings is 2. The van der Waals surface area contributed by atoms with E-state index >= 15 is 0 Å². The average molecular weight is 572 g/mol. The Morgan fingerprint density at radius 1 is 1.19 bits per heavy atom. The number of ketones is 1. The molecule has 1 saturated heterocycles. The van der Waals surface area contributed by atoms with Crippen LogP contribution in [0.4, 0.5) is 10.8 Å². The van der Waals surface area contributed by atoms with E-state index in [4.69, 9.17) is 4.74 Å². The number of aliphatic hydroxyl groups is 1. The van der Waals surface area contributed by atoms with Gasteiger partial charge < -0.3 is 9.84 Å². The first-order valence-electron chi connectivity index (χ1n) is 10.6. The Bertz CT molecular complexity index is 1410. The average Bonchev–Trinajstić information content (AvgIpc) is 3.36. The zero-order valence-corrected chi connectivity index (χ0v) is 21.3. The van der Waals surface area contributed by atoms with E-state index in [1.54, 1.807) is 38.1 Å². The standard InChI is InChI=1S/C24H18BrN3O7S/c1-3-35-23(32)21-12(2)26-24(36-21)27-18(13-6-10-16(11-7-13)28(33)34)17(20(30)22(27)31)19(29)14-4-8-15(25)9-5-14/h4-11,18,29H,3H2,1-2H3. The number of nitro groups is 1. The van der Waals surface area contributed by atoms with Gasteiger partial charge in [0.15, 0.2) is 5.13 Å². The lowest BCUT2D eigenvalue weighted by molar-refractivity contribution is -0.384. The van der Waals surface area contributed by atoms with Gasteiger partial charge in [-0.15, -0.1) is 0 Å². The van der Waals surface area contributed by atoms with Crippen molar-refractivity contribution in [1.29, 1.82) is 0 Å². The lowest BCUT2D eigenvalue weighted by atomic mass is 9.95. The smallest absolute Gasteiger partial charge is 0.350 e. The second-order valence-electron chi connectivity index (χ2n) is 7.66. The van der Waals surface area contributed by atoms with Gasteiger partial charge in [-0.05, 0) is 43.7 Å². The van der Waals surface area contributed by atoms with E-state index in [-0.39, 0.29) is 27.9 Å². The van der Waals surface area contributed by atoms with Crippen molar-refractivity contribution in [3.63, 3.8) is 0 Å². The number of hydrogen-bond donors (Lipinski definition) is 1. The molecule has 1 amide bonds. The Labute approximate surface area is 217 Å². The Hall–Kier alpha value is -3.90. The number of amides is 1. The highest BCUT2D eigenvalue weighted by Crippen LogP contribution is 2.44. The van der Waals surface area contributed by atoms with Gasteiger partial charge in [0.05, 0.1) is 28.8 Å². The lowest BCUT2D eigenvalue weighted by Gasteiger charge is -2.23. The summed E-state index contributed by atoms with van der Waals surface area (Å²) in [4.78, 5) is 55.0. The molecule has 3 aromatic rings. The minimum atomic E-state index is -1.14. The molecule has 1 aromatic heterocycles. The molecule has 1 fully saturated rings. The summed E-state index contributed by atoms with van der Waals surface area (Å²) in [5.74, 6) is -2.94.